The number of nitrogens with zero attached hydrogens (tertiary/aromatic N) is 2. The smallest absolute Gasteiger partial charge is 0.337 e. The molecule has 0 unspecified atom stereocenters. The lowest BCUT2D eigenvalue weighted by atomic mass is 9.82. The van der Waals surface area contributed by atoms with Crippen molar-refractivity contribution in [3.05, 3.63) is 82.2 Å². The summed E-state index contributed by atoms with van der Waals surface area (Å²) in [6.45, 7) is 2.02. The number of nitriles is 1. The number of pyridine rings is 1. The van der Waals surface area contributed by atoms with Gasteiger partial charge in [0.25, 0.3) is 0 Å². The number of benzene rings is 1. The van der Waals surface area contributed by atoms with Crippen LogP contribution >= 0.6 is 11.8 Å². The first-order valence-corrected chi connectivity index (χ1v) is 9.75. The highest BCUT2D eigenvalue weighted by Gasteiger charge is 2.36. The minimum absolute atomic E-state index is 0.255. The molecule has 6 heteroatoms. The van der Waals surface area contributed by atoms with Gasteiger partial charge in [-0.05, 0) is 30.4 Å². The van der Waals surface area contributed by atoms with Crippen LogP contribution < -0.4 is 5.32 Å². The fourth-order valence-electron chi connectivity index (χ4n) is 3.09. The van der Waals surface area contributed by atoms with Crippen molar-refractivity contribution in [1.29, 1.82) is 5.26 Å². The van der Waals surface area contributed by atoms with Crippen LogP contribution in [-0.4, -0.2) is 23.8 Å². The zero-order valence-corrected chi connectivity index (χ0v) is 15.9. The number of hydrogen-bond acceptors (Lipinski definition) is 6. The van der Waals surface area contributed by atoms with Crippen molar-refractivity contribution in [1.82, 2.24) is 10.3 Å². The van der Waals surface area contributed by atoms with Crippen LogP contribution in [0, 0.1) is 11.3 Å². The first kappa shape index (κ1) is 18.7. The molecule has 1 aromatic carbocycles. The number of thioether (sulfide) groups is 1. The molecule has 1 N–H and O–H groups in total. The second kappa shape index (κ2) is 8.56. The highest BCUT2D eigenvalue weighted by atomic mass is 32.2. The minimum Gasteiger partial charge on any atom is -0.463 e. The molecule has 0 saturated carbocycles. The van der Waals surface area contributed by atoms with Gasteiger partial charge in [-0.3, -0.25) is 4.98 Å². The molecule has 136 valence electrons. The van der Waals surface area contributed by atoms with Crippen molar-refractivity contribution < 1.29 is 9.53 Å². The molecule has 0 amide bonds. The largest absolute Gasteiger partial charge is 0.463 e. The van der Waals surface area contributed by atoms with Gasteiger partial charge >= 0.3 is 5.97 Å². The van der Waals surface area contributed by atoms with E-state index in [1.165, 1.54) is 11.8 Å². The Morgan fingerprint density at radius 1 is 1.30 bits per heavy atom. The standard InChI is InChI=1S/C21H19N3O2S/c1-3-26-21(25)18-17(15-10-7-11-23-13-15)16(12-22)20(27-2)24-19(18)14-8-5-4-6-9-14/h4-11,13,17,24H,3H2,1-2H3/t17-/m0/s1. The van der Waals surface area contributed by atoms with E-state index < -0.39 is 11.9 Å². The summed E-state index contributed by atoms with van der Waals surface area (Å²) in [6, 6.07) is 15.6. The zero-order valence-electron chi connectivity index (χ0n) is 15.1. The van der Waals surface area contributed by atoms with Gasteiger partial charge < -0.3 is 10.1 Å². The van der Waals surface area contributed by atoms with Crippen LogP contribution in [0.25, 0.3) is 5.70 Å². The van der Waals surface area contributed by atoms with Crippen LogP contribution in [0.2, 0.25) is 0 Å². The maximum absolute atomic E-state index is 12.9. The van der Waals surface area contributed by atoms with E-state index in [0.717, 1.165) is 16.2 Å². The SMILES string of the molecule is CCOC(=O)C1=C(c2ccccc2)NC(SC)=C(C#N)[C@@H]1c1cccnc1. The third-order valence-corrected chi connectivity index (χ3v) is 4.96. The molecule has 0 fully saturated rings. The van der Waals surface area contributed by atoms with Gasteiger partial charge in [0.2, 0.25) is 0 Å². The number of nitrogens with one attached hydrogen (secondary N) is 1. The Labute approximate surface area is 162 Å². The number of carbonyl (C=O) groups is 1. The molecule has 1 atom stereocenters. The van der Waals surface area contributed by atoms with Gasteiger partial charge in [0.1, 0.15) is 0 Å². The van der Waals surface area contributed by atoms with E-state index in [2.05, 4.69) is 16.4 Å². The summed E-state index contributed by atoms with van der Waals surface area (Å²) in [6.07, 6.45) is 5.26. The van der Waals surface area contributed by atoms with Gasteiger partial charge in [-0.15, -0.1) is 11.8 Å². The van der Waals surface area contributed by atoms with Gasteiger partial charge in [0.15, 0.2) is 0 Å². The molecule has 5 nitrogen and oxygen atoms in total. The van der Waals surface area contributed by atoms with Crippen molar-refractivity contribution in [2.24, 2.45) is 0 Å². The summed E-state index contributed by atoms with van der Waals surface area (Å²) in [7, 11) is 0. The molecule has 2 heterocycles. The van der Waals surface area contributed by atoms with Crippen LogP contribution in [-0.2, 0) is 9.53 Å². The highest BCUT2D eigenvalue weighted by molar-refractivity contribution is 8.02. The molecule has 2 aromatic rings. The van der Waals surface area contributed by atoms with E-state index in [-0.39, 0.29) is 6.61 Å². The quantitative estimate of drug-likeness (QED) is 0.798. The predicted octanol–water partition coefficient (Wildman–Crippen LogP) is 3.84. The molecule has 27 heavy (non-hydrogen) atoms. The summed E-state index contributed by atoms with van der Waals surface area (Å²) in [5, 5.41) is 13.9. The van der Waals surface area contributed by atoms with Gasteiger partial charge in [0, 0.05) is 12.4 Å². The van der Waals surface area contributed by atoms with Gasteiger partial charge in [-0.25, -0.2) is 4.79 Å². The van der Waals surface area contributed by atoms with Gasteiger partial charge in [-0.1, -0.05) is 36.4 Å². The molecule has 0 radical (unpaired) electrons. The third-order valence-electron chi connectivity index (χ3n) is 4.23. The Morgan fingerprint density at radius 3 is 2.67 bits per heavy atom. The molecule has 3 rings (SSSR count). The number of allylic oxidation sites excluding steroid dienone is 1. The molecule has 1 aliphatic heterocycles. The van der Waals surface area contributed by atoms with E-state index in [4.69, 9.17) is 4.74 Å². The Kier molecular flexibility index (Phi) is 5.94. The van der Waals surface area contributed by atoms with Crippen LogP contribution in [0.4, 0.5) is 0 Å². The summed E-state index contributed by atoms with van der Waals surface area (Å²) in [5.41, 5.74) is 3.20. The van der Waals surface area contributed by atoms with Crippen LogP contribution in [0.1, 0.15) is 24.0 Å². The summed E-state index contributed by atoms with van der Waals surface area (Å²) < 4.78 is 5.35. The second-order valence-corrected chi connectivity index (χ2v) is 6.59. The predicted molar refractivity (Wildman–Crippen MR) is 106 cm³/mol. The lowest BCUT2D eigenvalue weighted by Gasteiger charge is -2.30. The van der Waals surface area contributed by atoms with E-state index >= 15 is 0 Å². The van der Waals surface area contributed by atoms with Crippen molar-refractivity contribution in [3.8, 4) is 6.07 Å². The van der Waals surface area contributed by atoms with Crippen LogP contribution in [0.15, 0.2) is 71.0 Å². The third kappa shape index (κ3) is 3.74. The Hall–Kier alpha value is -3.04. The van der Waals surface area contributed by atoms with E-state index in [0.29, 0.717) is 16.8 Å². The van der Waals surface area contributed by atoms with Gasteiger partial charge in [0.05, 0.1) is 40.5 Å². The van der Waals surface area contributed by atoms with Crippen molar-refractivity contribution in [2.45, 2.75) is 12.8 Å². The summed E-state index contributed by atoms with van der Waals surface area (Å²) >= 11 is 1.44. The van der Waals surface area contributed by atoms with E-state index in [1.807, 2.05) is 42.7 Å². The monoisotopic (exact) mass is 377 g/mol. The first-order chi connectivity index (χ1) is 13.2. The van der Waals surface area contributed by atoms with Crippen molar-refractivity contribution in [3.63, 3.8) is 0 Å². The molecule has 0 spiro atoms. The minimum atomic E-state index is -0.540. The van der Waals surface area contributed by atoms with Crippen molar-refractivity contribution in [2.75, 3.05) is 12.9 Å². The second-order valence-electron chi connectivity index (χ2n) is 5.78. The summed E-state index contributed by atoms with van der Waals surface area (Å²) in [5.74, 6) is -0.979. The van der Waals surface area contributed by atoms with Gasteiger partial charge in [-0.2, -0.15) is 5.26 Å². The Morgan fingerprint density at radius 2 is 2.07 bits per heavy atom. The number of aromatic nitrogens is 1. The Bertz CT molecular complexity index is 931. The fourth-order valence-corrected chi connectivity index (χ4v) is 3.67. The number of hydrogen-bond donors (Lipinski definition) is 1. The lowest BCUT2D eigenvalue weighted by molar-refractivity contribution is -0.138. The molecular formula is C21H19N3O2S. The average Bonchev–Trinajstić information content (AvgIpc) is 2.73. The number of esters is 1. The molecular weight excluding hydrogens is 358 g/mol. The average molecular weight is 377 g/mol. The first-order valence-electron chi connectivity index (χ1n) is 8.53. The zero-order chi connectivity index (χ0) is 19.2. The number of rotatable bonds is 5. The Balaban J connectivity index is 2.29. The maximum Gasteiger partial charge on any atom is 0.337 e. The fraction of sp³-hybridized carbons (Fsp3) is 0.190. The molecule has 1 aromatic heterocycles. The topological polar surface area (TPSA) is 75.0 Å². The van der Waals surface area contributed by atoms with Crippen LogP contribution in [0.3, 0.4) is 0 Å². The molecule has 0 aliphatic carbocycles. The number of ether oxygens (including phenoxy) is 1. The molecule has 0 bridgehead atoms. The van der Waals surface area contributed by atoms with E-state index in [1.54, 1.807) is 25.4 Å². The van der Waals surface area contributed by atoms with E-state index in [9.17, 15) is 10.1 Å². The van der Waals surface area contributed by atoms with Crippen LogP contribution in [0.5, 0.6) is 0 Å². The number of carbonyl (C=O) groups excluding carboxylic acids is 1. The normalized spacial score (nSPS) is 16.6. The highest BCUT2D eigenvalue weighted by Crippen LogP contribution is 2.42. The molecule has 1 aliphatic rings. The maximum atomic E-state index is 12.9. The number of dihydropyridines is 1. The lowest BCUT2D eigenvalue weighted by Crippen LogP contribution is -2.29. The summed E-state index contributed by atoms with van der Waals surface area (Å²) in [4.78, 5) is 17.1. The van der Waals surface area contributed by atoms with Crippen molar-refractivity contribution >= 4 is 23.4 Å². The molecule has 0 saturated heterocycles.